The van der Waals surface area contributed by atoms with Crippen molar-refractivity contribution < 1.29 is 19.0 Å². The zero-order valence-electron chi connectivity index (χ0n) is 19.1. The van der Waals surface area contributed by atoms with E-state index in [9.17, 15) is 4.79 Å². The number of methoxy groups -OCH3 is 2. The van der Waals surface area contributed by atoms with E-state index in [4.69, 9.17) is 43.1 Å². The molecule has 4 rings (SSSR count). The van der Waals surface area contributed by atoms with Gasteiger partial charge in [0.25, 0.3) is 0 Å². The number of rotatable bonds is 7. The minimum atomic E-state index is -0.780. The van der Waals surface area contributed by atoms with Crippen molar-refractivity contribution in [1.29, 1.82) is 0 Å². The molecule has 1 unspecified atom stereocenters. The molecule has 0 radical (unpaired) electrons. The van der Waals surface area contributed by atoms with E-state index in [0.29, 0.717) is 46.6 Å². The summed E-state index contributed by atoms with van der Waals surface area (Å²) in [7, 11) is 3.01. The Morgan fingerprint density at radius 1 is 1.14 bits per heavy atom. The highest BCUT2D eigenvalue weighted by Gasteiger charge is 2.24. The summed E-state index contributed by atoms with van der Waals surface area (Å²) in [6.45, 7) is 1.26. The van der Waals surface area contributed by atoms with Crippen molar-refractivity contribution in [3.05, 3.63) is 46.8 Å². The lowest BCUT2D eigenvalue weighted by Crippen LogP contribution is -2.41. The van der Waals surface area contributed by atoms with Crippen molar-refractivity contribution in [1.82, 2.24) is 15.0 Å². The topological polar surface area (TPSA) is 125 Å². The first-order chi connectivity index (χ1) is 16.9. The molecule has 3 heterocycles. The summed E-state index contributed by atoms with van der Waals surface area (Å²) >= 11 is 13.1. The molecule has 1 amide bonds. The Kier molecular flexibility index (Phi) is 7.62. The number of carbonyl (C=O) groups excluding carboxylic acids is 1. The minimum absolute atomic E-state index is 0.284. The van der Waals surface area contributed by atoms with E-state index in [1.54, 1.807) is 18.3 Å². The minimum Gasteiger partial charge on any atom is -0.495 e. The Hall–Kier alpha value is -3.50. The van der Waals surface area contributed by atoms with Crippen LogP contribution in [0.15, 0.2) is 36.8 Å². The Morgan fingerprint density at radius 2 is 1.89 bits per heavy atom. The van der Waals surface area contributed by atoms with Gasteiger partial charge >= 0.3 is 6.09 Å². The number of benzene rings is 1. The molecule has 1 aliphatic heterocycles. The van der Waals surface area contributed by atoms with Gasteiger partial charge < -0.3 is 30.2 Å². The molecule has 1 fully saturated rings. The van der Waals surface area contributed by atoms with Gasteiger partial charge in [-0.2, -0.15) is 0 Å². The van der Waals surface area contributed by atoms with Crippen LogP contribution in [0.5, 0.6) is 11.5 Å². The van der Waals surface area contributed by atoms with Crippen LogP contribution in [0.25, 0.3) is 11.3 Å². The number of nitrogens with two attached hydrogens (primary N) is 1. The first-order valence-corrected chi connectivity index (χ1v) is 11.5. The van der Waals surface area contributed by atoms with E-state index >= 15 is 0 Å². The Labute approximate surface area is 212 Å². The lowest BCUT2D eigenvalue weighted by molar-refractivity contribution is 0.0964. The molecule has 1 atom stereocenters. The quantitative estimate of drug-likeness (QED) is 0.458. The van der Waals surface area contributed by atoms with Crippen molar-refractivity contribution in [3.63, 3.8) is 0 Å². The fourth-order valence-corrected chi connectivity index (χ4v) is 4.49. The molecule has 0 saturated carbocycles. The maximum absolute atomic E-state index is 11.2. The highest BCUT2D eigenvalue weighted by molar-refractivity contribution is 6.41. The van der Waals surface area contributed by atoms with Gasteiger partial charge in [0.05, 0.1) is 32.1 Å². The number of hydrogen-bond acceptors (Lipinski definition) is 9. The summed E-state index contributed by atoms with van der Waals surface area (Å²) in [5.74, 6) is 1.97. The molecule has 10 nitrogen and oxygen atoms in total. The third-order valence-electron chi connectivity index (χ3n) is 5.54. The van der Waals surface area contributed by atoms with E-state index in [1.807, 2.05) is 17.0 Å². The number of nitrogens with zero attached hydrogens (tertiary/aromatic N) is 4. The lowest BCUT2D eigenvalue weighted by atomic mass is 10.1. The molecule has 3 N–H and O–H groups in total. The summed E-state index contributed by atoms with van der Waals surface area (Å²) in [5.41, 5.74) is 6.91. The molecule has 184 valence electrons. The van der Waals surface area contributed by atoms with E-state index in [0.717, 1.165) is 19.4 Å². The van der Waals surface area contributed by atoms with E-state index in [1.165, 1.54) is 20.5 Å². The van der Waals surface area contributed by atoms with Crippen LogP contribution >= 0.6 is 23.2 Å². The summed E-state index contributed by atoms with van der Waals surface area (Å²) in [4.78, 5) is 26.5. The highest BCUT2D eigenvalue weighted by Crippen LogP contribution is 2.45. The number of hydrogen-bond donors (Lipinski definition) is 2. The number of primary amides is 1. The zero-order valence-corrected chi connectivity index (χ0v) is 20.6. The second kappa shape index (κ2) is 10.8. The van der Waals surface area contributed by atoms with Crippen molar-refractivity contribution in [2.24, 2.45) is 5.73 Å². The molecule has 3 aromatic rings. The van der Waals surface area contributed by atoms with Gasteiger partial charge in [0.15, 0.2) is 0 Å². The van der Waals surface area contributed by atoms with Crippen molar-refractivity contribution >= 4 is 46.6 Å². The molecular formula is C23H24Cl2N6O4. The maximum Gasteiger partial charge on any atom is 0.404 e. The predicted octanol–water partition coefficient (Wildman–Crippen LogP) is 4.67. The summed E-state index contributed by atoms with van der Waals surface area (Å²) in [5, 5.41) is 3.77. The summed E-state index contributed by atoms with van der Waals surface area (Å²) < 4.78 is 15.9. The number of nitrogens with one attached hydrogen (secondary N) is 1. The fraction of sp³-hybridized carbons (Fsp3) is 0.304. The first-order valence-electron chi connectivity index (χ1n) is 10.8. The first kappa shape index (κ1) is 24.6. The van der Waals surface area contributed by atoms with Gasteiger partial charge in [0.2, 0.25) is 0 Å². The SMILES string of the molecule is COc1cc(OC)c(Cl)c(Nc2ncccc2-c2cc(N3CCCC(OC(N)=O)C3)ncn2)c1Cl. The number of carbonyl (C=O) groups is 1. The number of aromatic nitrogens is 3. The highest BCUT2D eigenvalue weighted by atomic mass is 35.5. The second-order valence-electron chi connectivity index (χ2n) is 7.72. The molecule has 0 bridgehead atoms. The smallest absolute Gasteiger partial charge is 0.404 e. The number of amides is 1. The predicted molar refractivity (Wildman–Crippen MR) is 134 cm³/mol. The normalized spacial score (nSPS) is 15.4. The summed E-state index contributed by atoms with van der Waals surface area (Å²) in [6, 6.07) is 7.13. The van der Waals surface area contributed by atoms with Crippen LogP contribution in [0.4, 0.5) is 22.1 Å². The van der Waals surface area contributed by atoms with E-state index < -0.39 is 6.09 Å². The van der Waals surface area contributed by atoms with Crippen LogP contribution < -0.4 is 25.4 Å². The molecular weight excluding hydrogens is 495 g/mol. The molecule has 0 spiro atoms. The van der Waals surface area contributed by atoms with Crippen LogP contribution in [0.3, 0.4) is 0 Å². The molecule has 0 aliphatic carbocycles. The number of ether oxygens (including phenoxy) is 3. The largest absolute Gasteiger partial charge is 0.495 e. The van der Waals surface area contributed by atoms with Gasteiger partial charge in [0.1, 0.15) is 45.6 Å². The lowest BCUT2D eigenvalue weighted by Gasteiger charge is -2.32. The third-order valence-corrected chi connectivity index (χ3v) is 6.29. The molecule has 1 aromatic carbocycles. The number of piperidine rings is 1. The van der Waals surface area contributed by atoms with Gasteiger partial charge in [-0.05, 0) is 25.0 Å². The maximum atomic E-state index is 11.2. The molecule has 1 saturated heterocycles. The van der Waals surface area contributed by atoms with Crippen LogP contribution in [-0.4, -0.2) is 54.5 Å². The van der Waals surface area contributed by atoms with Crippen LogP contribution in [0.2, 0.25) is 10.0 Å². The van der Waals surface area contributed by atoms with Crippen molar-refractivity contribution in [2.45, 2.75) is 18.9 Å². The van der Waals surface area contributed by atoms with Crippen molar-refractivity contribution in [2.75, 3.05) is 37.5 Å². The van der Waals surface area contributed by atoms with Crippen LogP contribution in [0.1, 0.15) is 12.8 Å². The van der Waals surface area contributed by atoms with Crippen LogP contribution in [0, 0.1) is 0 Å². The van der Waals surface area contributed by atoms with Gasteiger partial charge in [0, 0.05) is 30.4 Å². The monoisotopic (exact) mass is 518 g/mol. The summed E-state index contributed by atoms with van der Waals surface area (Å²) in [6.07, 6.45) is 3.64. The van der Waals surface area contributed by atoms with Gasteiger partial charge in [-0.15, -0.1) is 0 Å². The van der Waals surface area contributed by atoms with Gasteiger partial charge in [-0.1, -0.05) is 23.2 Å². The third kappa shape index (κ3) is 5.44. The second-order valence-corrected chi connectivity index (χ2v) is 8.47. The van der Waals surface area contributed by atoms with Crippen LogP contribution in [-0.2, 0) is 4.74 Å². The Morgan fingerprint density at radius 3 is 2.57 bits per heavy atom. The average molecular weight is 519 g/mol. The van der Waals surface area contributed by atoms with E-state index in [-0.39, 0.29) is 16.1 Å². The fourth-order valence-electron chi connectivity index (χ4n) is 3.90. The Bertz CT molecular complexity index is 1200. The standard InChI is InChI=1S/C23H24Cl2N6O4/c1-33-16-10-17(34-2)20(25)21(19(16)24)30-22-14(6-3-7-27-22)15-9-18(29-12-28-15)31-8-4-5-13(11-31)35-23(26)32/h3,6-7,9-10,12-13H,4-5,8,11H2,1-2H3,(H2,26,32)(H,27,30). The molecule has 1 aliphatic rings. The van der Waals surface area contributed by atoms with Gasteiger partial charge in [-0.25, -0.2) is 19.7 Å². The molecule has 35 heavy (non-hydrogen) atoms. The zero-order chi connectivity index (χ0) is 24.9. The number of pyridine rings is 1. The number of halogens is 2. The molecule has 2 aromatic heterocycles. The molecule has 12 heteroatoms. The van der Waals surface area contributed by atoms with Gasteiger partial charge in [-0.3, -0.25) is 0 Å². The van der Waals surface area contributed by atoms with Crippen molar-refractivity contribution in [3.8, 4) is 22.8 Å². The average Bonchev–Trinajstić information content (AvgIpc) is 2.87. The number of anilines is 3. The van der Waals surface area contributed by atoms with E-state index in [2.05, 4.69) is 20.3 Å². The Balaban J connectivity index is 1.67.